The number of nitrogens with one attached hydrogen (secondary N) is 1. The van der Waals surface area contributed by atoms with E-state index >= 15 is 0 Å². The maximum absolute atomic E-state index is 12.6. The SMILES string of the molecule is CC[C@H](C)c1ccc(S(=O)(=O)Nc2c(C)cc(C)cc2C)cc1. The van der Waals surface area contributed by atoms with Gasteiger partial charge in [-0.3, -0.25) is 4.72 Å². The van der Waals surface area contributed by atoms with Crippen LogP contribution in [0.2, 0.25) is 0 Å². The lowest BCUT2D eigenvalue weighted by molar-refractivity contribution is 0.601. The Kier molecular flexibility index (Phi) is 5.15. The number of hydrogen-bond donors (Lipinski definition) is 1. The third kappa shape index (κ3) is 3.94. The first-order chi connectivity index (χ1) is 10.7. The predicted molar refractivity (Wildman–Crippen MR) is 96.6 cm³/mol. The molecule has 0 saturated heterocycles. The average molecular weight is 331 g/mol. The van der Waals surface area contributed by atoms with Crippen LogP contribution in [0.3, 0.4) is 0 Å². The van der Waals surface area contributed by atoms with Crippen molar-refractivity contribution in [2.75, 3.05) is 4.72 Å². The lowest BCUT2D eigenvalue weighted by atomic mass is 9.99. The van der Waals surface area contributed by atoms with Crippen molar-refractivity contribution in [1.82, 2.24) is 0 Å². The van der Waals surface area contributed by atoms with Crippen molar-refractivity contribution in [2.45, 2.75) is 51.9 Å². The Labute approximate surface area is 139 Å². The van der Waals surface area contributed by atoms with Crippen LogP contribution < -0.4 is 4.72 Å². The van der Waals surface area contributed by atoms with Crippen molar-refractivity contribution < 1.29 is 8.42 Å². The van der Waals surface area contributed by atoms with Crippen LogP contribution in [0, 0.1) is 20.8 Å². The van der Waals surface area contributed by atoms with Gasteiger partial charge in [0.05, 0.1) is 10.6 Å². The molecule has 124 valence electrons. The van der Waals surface area contributed by atoms with E-state index in [1.165, 1.54) is 0 Å². The molecule has 0 bridgehead atoms. The summed E-state index contributed by atoms with van der Waals surface area (Å²) >= 11 is 0. The second-order valence-corrected chi connectivity index (χ2v) is 7.94. The van der Waals surface area contributed by atoms with Crippen molar-refractivity contribution in [3.63, 3.8) is 0 Å². The van der Waals surface area contributed by atoms with Gasteiger partial charge in [0.1, 0.15) is 0 Å². The Morgan fingerprint density at radius 2 is 1.52 bits per heavy atom. The molecule has 0 spiro atoms. The minimum absolute atomic E-state index is 0.295. The summed E-state index contributed by atoms with van der Waals surface area (Å²) in [5.74, 6) is 0.432. The third-order valence-corrected chi connectivity index (χ3v) is 5.65. The number of sulfonamides is 1. The fraction of sp³-hybridized carbons (Fsp3) is 0.368. The van der Waals surface area contributed by atoms with Crippen LogP contribution >= 0.6 is 0 Å². The molecule has 2 rings (SSSR count). The number of rotatable bonds is 5. The van der Waals surface area contributed by atoms with Crippen LogP contribution in [0.25, 0.3) is 0 Å². The summed E-state index contributed by atoms with van der Waals surface area (Å²) in [5.41, 5.74) is 4.82. The second-order valence-electron chi connectivity index (χ2n) is 6.26. The van der Waals surface area contributed by atoms with Crippen LogP contribution in [0.15, 0.2) is 41.3 Å². The monoisotopic (exact) mass is 331 g/mol. The fourth-order valence-corrected chi connectivity index (χ4v) is 3.95. The minimum atomic E-state index is -3.57. The first kappa shape index (κ1) is 17.5. The zero-order valence-corrected chi connectivity index (χ0v) is 15.3. The standard InChI is InChI=1S/C19H25NO2S/c1-6-14(3)17-7-9-18(10-8-17)23(21,22)20-19-15(4)11-13(2)12-16(19)5/h7-12,14,20H,6H2,1-5H3/t14-/m0/s1. The van der Waals surface area contributed by atoms with E-state index in [0.717, 1.165) is 28.7 Å². The molecule has 0 aliphatic heterocycles. The summed E-state index contributed by atoms with van der Waals surface area (Å²) in [7, 11) is -3.57. The summed E-state index contributed by atoms with van der Waals surface area (Å²) in [6.07, 6.45) is 1.03. The van der Waals surface area contributed by atoms with E-state index in [1.54, 1.807) is 12.1 Å². The highest BCUT2D eigenvalue weighted by molar-refractivity contribution is 7.92. The van der Waals surface area contributed by atoms with Crippen molar-refractivity contribution in [1.29, 1.82) is 0 Å². The Morgan fingerprint density at radius 3 is 2.00 bits per heavy atom. The third-order valence-electron chi connectivity index (χ3n) is 4.29. The number of benzene rings is 2. The minimum Gasteiger partial charge on any atom is -0.279 e. The van der Waals surface area contributed by atoms with Crippen LogP contribution in [0.4, 0.5) is 5.69 Å². The second kappa shape index (κ2) is 6.75. The van der Waals surface area contributed by atoms with E-state index in [2.05, 4.69) is 18.6 Å². The highest BCUT2D eigenvalue weighted by atomic mass is 32.2. The van der Waals surface area contributed by atoms with E-state index in [4.69, 9.17) is 0 Å². The van der Waals surface area contributed by atoms with Gasteiger partial charge in [0.15, 0.2) is 0 Å². The first-order valence-electron chi connectivity index (χ1n) is 7.95. The number of aryl methyl sites for hydroxylation is 3. The first-order valence-corrected chi connectivity index (χ1v) is 9.43. The molecule has 2 aromatic rings. The fourth-order valence-electron chi connectivity index (χ4n) is 2.75. The summed E-state index contributed by atoms with van der Waals surface area (Å²) in [5, 5.41) is 0. The molecule has 1 N–H and O–H groups in total. The van der Waals surface area contributed by atoms with E-state index in [-0.39, 0.29) is 0 Å². The normalized spacial score (nSPS) is 12.9. The van der Waals surface area contributed by atoms with E-state index in [0.29, 0.717) is 16.5 Å². The number of anilines is 1. The molecule has 4 heteroatoms. The lowest BCUT2D eigenvalue weighted by Crippen LogP contribution is -2.15. The van der Waals surface area contributed by atoms with Gasteiger partial charge in [0.2, 0.25) is 0 Å². The summed E-state index contributed by atoms with van der Waals surface area (Å²) in [6.45, 7) is 10.1. The van der Waals surface area contributed by atoms with E-state index in [1.807, 2.05) is 45.0 Å². The molecule has 23 heavy (non-hydrogen) atoms. The Balaban J connectivity index is 2.33. The van der Waals surface area contributed by atoms with Crippen LogP contribution in [0.5, 0.6) is 0 Å². The van der Waals surface area contributed by atoms with E-state index < -0.39 is 10.0 Å². The van der Waals surface area contributed by atoms with Gasteiger partial charge < -0.3 is 0 Å². The van der Waals surface area contributed by atoms with Crippen molar-refractivity contribution >= 4 is 15.7 Å². The molecule has 1 atom stereocenters. The van der Waals surface area contributed by atoms with Gasteiger partial charge in [0, 0.05) is 0 Å². The quantitative estimate of drug-likeness (QED) is 0.844. The molecule has 0 aliphatic carbocycles. The highest BCUT2D eigenvalue weighted by Gasteiger charge is 2.17. The maximum atomic E-state index is 12.6. The molecule has 0 amide bonds. The largest absolute Gasteiger partial charge is 0.279 e. The average Bonchev–Trinajstić information content (AvgIpc) is 2.50. The Bertz CT molecular complexity index is 770. The van der Waals surface area contributed by atoms with Gasteiger partial charge in [0.25, 0.3) is 10.0 Å². The molecule has 3 nitrogen and oxygen atoms in total. The molecular weight excluding hydrogens is 306 g/mol. The summed E-state index contributed by atoms with van der Waals surface area (Å²) in [6, 6.07) is 11.1. The number of hydrogen-bond acceptors (Lipinski definition) is 2. The van der Waals surface area contributed by atoms with Gasteiger partial charge in [-0.1, -0.05) is 43.7 Å². The molecular formula is C19H25NO2S. The molecule has 0 aliphatic rings. The molecule has 0 unspecified atom stereocenters. The van der Waals surface area contributed by atoms with Gasteiger partial charge in [-0.05, 0) is 61.9 Å². The Morgan fingerprint density at radius 1 is 1.00 bits per heavy atom. The predicted octanol–water partition coefficient (Wildman–Crippen LogP) is 4.93. The van der Waals surface area contributed by atoms with Crippen molar-refractivity contribution in [3.05, 3.63) is 58.7 Å². The zero-order valence-electron chi connectivity index (χ0n) is 14.5. The van der Waals surface area contributed by atoms with Crippen LogP contribution in [-0.2, 0) is 10.0 Å². The topological polar surface area (TPSA) is 46.2 Å². The molecule has 0 fully saturated rings. The van der Waals surface area contributed by atoms with Crippen LogP contribution in [-0.4, -0.2) is 8.42 Å². The van der Waals surface area contributed by atoms with Crippen molar-refractivity contribution in [2.24, 2.45) is 0 Å². The van der Waals surface area contributed by atoms with Crippen LogP contribution in [0.1, 0.15) is 48.4 Å². The van der Waals surface area contributed by atoms with Crippen molar-refractivity contribution in [3.8, 4) is 0 Å². The highest BCUT2D eigenvalue weighted by Crippen LogP contribution is 2.26. The van der Waals surface area contributed by atoms with Gasteiger partial charge >= 0.3 is 0 Å². The van der Waals surface area contributed by atoms with Gasteiger partial charge in [-0.15, -0.1) is 0 Å². The molecule has 0 heterocycles. The molecule has 0 radical (unpaired) electrons. The smallest absolute Gasteiger partial charge is 0.261 e. The molecule has 0 saturated carbocycles. The molecule has 0 aromatic heterocycles. The lowest BCUT2D eigenvalue weighted by Gasteiger charge is -2.15. The Hall–Kier alpha value is -1.81. The zero-order chi connectivity index (χ0) is 17.2. The van der Waals surface area contributed by atoms with Gasteiger partial charge in [-0.2, -0.15) is 0 Å². The summed E-state index contributed by atoms with van der Waals surface area (Å²) in [4.78, 5) is 0.295. The van der Waals surface area contributed by atoms with Gasteiger partial charge in [-0.25, -0.2) is 8.42 Å². The van der Waals surface area contributed by atoms with E-state index in [9.17, 15) is 8.42 Å². The maximum Gasteiger partial charge on any atom is 0.261 e. The molecule has 2 aromatic carbocycles. The summed E-state index contributed by atoms with van der Waals surface area (Å²) < 4.78 is 28.0.